The lowest BCUT2D eigenvalue weighted by Gasteiger charge is -2.08. The Labute approximate surface area is 123 Å². The first kappa shape index (κ1) is 15.0. The molecule has 0 fully saturated rings. The van der Waals surface area contributed by atoms with Crippen LogP contribution in [-0.2, 0) is 11.2 Å². The van der Waals surface area contributed by atoms with Gasteiger partial charge in [-0.1, -0.05) is 30.3 Å². The number of nitrogens with one attached hydrogen (secondary N) is 1. The molecule has 0 bridgehead atoms. The monoisotopic (exact) mass is 287 g/mol. The number of benzene rings is 2. The molecule has 4 heteroatoms. The summed E-state index contributed by atoms with van der Waals surface area (Å²) in [5.74, 6) is 0.204. The van der Waals surface area contributed by atoms with E-state index in [4.69, 9.17) is 4.74 Å². The standard InChI is InChI=1S/C17H18FNO2/c1-13-5-4-7-15(11-13)21-10-9-19-17(20)12-14-6-2-3-8-16(14)18/h2-8,11H,9-10,12H2,1H3,(H,19,20). The summed E-state index contributed by atoms with van der Waals surface area (Å²) < 4.78 is 18.9. The number of hydrogen-bond donors (Lipinski definition) is 1. The summed E-state index contributed by atoms with van der Waals surface area (Å²) in [5, 5.41) is 2.71. The molecule has 2 rings (SSSR count). The molecule has 2 aromatic carbocycles. The minimum absolute atomic E-state index is 0.0388. The molecule has 0 aliphatic heterocycles. The number of carbonyl (C=O) groups excluding carboxylic acids is 1. The number of hydrogen-bond acceptors (Lipinski definition) is 2. The highest BCUT2D eigenvalue weighted by Gasteiger charge is 2.06. The molecule has 0 atom stereocenters. The number of halogens is 1. The van der Waals surface area contributed by atoms with Gasteiger partial charge in [0.1, 0.15) is 18.2 Å². The van der Waals surface area contributed by atoms with E-state index in [-0.39, 0.29) is 18.1 Å². The fraction of sp³-hybridized carbons (Fsp3) is 0.235. The van der Waals surface area contributed by atoms with Crippen LogP contribution in [0.3, 0.4) is 0 Å². The lowest BCUT2D eigenvalue weighted by molar-refractivity contribution is -0.120. The largest absolute Gasteiger partial charge is 0.492 e. The van der Waals surface area contributed by atoms with Crippen LogP contribution in [-0.4, -0.2) is 19.1 Å². The van der Waals surface area contributed by atoms with Gasteiger partial charge < -0.3 is 10.1 Å². The molecule has 0 aromatic heterocycles. The fourth-order valence-corrected chi connectivity index (χ4v) is 1.94. The first-order valence-electron chi connectivity index (χ1n) is 6.85. The van der Waals surface area contributed by atoms with Crippen LogP contribution in [0, 0.1) is 12.7 Å². The third-order valence-corrected chi connectivity index (χ3v) is 2.99. The van der Waals surface area contributed by atoms with Crippen molar-refractivity contribution >= 4 is 5.91 Å². The zero-order valence-corrected chi connectivity index (χ0v) is 11.9. The van der Waals surface area contributed by atoms with E-state index in [0.717, 1.165) is 11.3 Å². The van der Waals surface area contributed by atoms with Gasteiger partial charge in [-0.2, -0.15) is 0 Å². The number of aryl methyl sites for hydroxylation is 1. The molecular formula is C17H18FNO2. The summed E-state index contributed by atoms with van der Waals surface area (Å²) >= 11 is 0. The molecule has 110 valence electrons. The van der Waals surface area contributed by atoms with Gasteiger partial charge in [-0.3, -0.25) is 4.79 Å². The summed E-state index contributed by atoms with van der Waals surface area (Å²) in [6.45, 7) is 2.76. The minimum Gasteiger partial charge on any atom is -0.492 e. The van der Waals surface area contributed by atoms with Crippen LogP contribution in [0.2, 0.25) is 0 Å². The van der Waals surface area contributed by atoms with Gasteiger partial charge in [0, 0.05) is 0 Å². The van der Waals surface area contributed by atoms with Gasteiger partial charge >= 0.3 is 0 Å². The zero-order valence-electron chi connectivity index (χ0n) is 11.9. The van der Waals surface area contributed by atoms with Crippen molar-refractivity contribution in [2.24, 2.45) is 0 Å². The van der Waals surface area contributed by atoms with Crippen LogP contribution in [0.5, 0.6) is 5.75 Å². The van der Waals surface area contributed by atoms with Crippen LogP contribution in [0.4, 0.5) is 4.39 Å². The van der Waals surface area contributed by atoms with E-state index in [1.165, 1.54) is 6.07 Å². The van der Waals surface area contributed by atoms with Crippen LogP contribution in [0.25, 0.3) is 0 Å². The molecule has 0 spiro atoms. The Bertz CT molecular complexity index is 613. The van der Waals surface area contributed by atoms with Crippen LogP contribution < -0.4 is 10.1 Å². The Balaban J connectivity index is 1.71. The number of carbonyl (C=O) groups is 1. The van der Waals surface area contributed by atoms with Crippen molar-refractivity contribution in [3.05, 3.63) is 65.5 Å². The van der Waals surface area contributed by atoms with E-state index >= 15 is 0 Å². The van der Waals surface area contributed by atoms with Crippen molar-refractivity contribution in [3.8, 4) is 5.75 Å². The van der Waals surface area contributed by atoms with Crippen LogP contribution in [0.1, 0.15) is 11.1 Å². The third kappa shape index (κ3) is 4.91. The maximum atomic E-state index is 13.4. The summed E-state index contributed by atoms with van der Waals surface area (Å²) in [5.41, 5.74) is 1.52. The molecule has 2 aromatic rings. The molecule has 21 heavy (non-hydrogen) atoms. The van der Waals surface area contributed by atoms with Gasteiger partial charge in [0.15, 0.2) is 0 Å². The van der Waals surface area contributed by atoms with E-state index in [2.05, 4.69) is 5.32 Å². The molecule has 3 nitrogen and oxygen atoms in total. The van der Waals surface area contributed by atoms with Crippen molar-refractivity contribution in [2.75, 3.05) is 13.2 Å². The first-order chi connectivity index (χ1) is 10.1. The van der Waals surface area contributed by atoms with E-state index in [9.17, 15) is 9.18 Å². The topological polar surface area (TPSA) is 38.3 Å². The zero-order chi connectivity index (χ0) is 15.1. The maximum Gasteiger partial charge on any atom is 0.224 e. The second-order valence-corrected chi connectivity index (χ2v) is 4.78. The third-order valence-electron chi connectivity index (χ3n) is 2.99. The number of ether oxygens (including phenoxy) is 1. The summed E-state index contributed by atoms with van der Waals surface area (Å²) in [6, 6.07) is 14.0. The molecule has 0 radical (unpaired) electrons. The Morgan fingerprint density at radius 3 is 2.76 bits per heavy atom. The molecule has 0 saturated carbocycles. The Hall–Kier alpha value is -2.36. The van der Waals surface area contributed by atoms with Crippen molar-refractivity contribution in [1.82, 2.24) is 5.32 Å². The molecule has 0 heterocycles. The SMILES string of the molecule is Cc1cccc(OCCNC(=O)Cc2ccccc2F)c1. The maximum absolute atomic E-state index is 13.4. The average Bonchev–Trinajstić information content (AvgIpc) is 2.46. The van der Waals surface area contributed by atoms with Gasteiger partial charge in [-0.15, -0.1) is 0 Å². The fourth-order valence-electron chi connectivity index (χ4n) is 1.94. The molecular weight excluding hydrogens is 269 g/mol. The van der Waals surface area contributed by atoms with E-state index in [1.54, 1.807) is 18.2 Å². The van der Waals surface area contributed by atoms with Crippen molar-refractivity contribution in [2.45, 2.75) is 13.3 Å². The quantitative estimate of drug-likeness (QED) is 0.830. The predicted molar refractivity (Wildman–Crippen MR) is 79.8 cm³/mol. The van der Waals surface area contributed by atoms with Crippen molar-refractivity contribution in [3.63, 3.8) is 0 Å². The van der Waals surface area contributed by atoms with E-state index in [0.29, 0.717) is 18.7 Å². The molecule has 0 saturated heterocycles. The molecule has 0 aliphatic rings. The predicted octanol–water partition coefficient (Wildman–Crippen LogP) is 2.87. The van der Waals surface area contributed by atoms with Gasteiger partial charge in [0.25, 0.3) is 0 Å². The van der Waals surface area contributed by atoms with Crippen molar-refractivity contribution in [1.29, 1.82) is 0 Å². The molecule has 0 aliphatic carbocycles. The van der Waals surface area contributed by atoms with Gasteiger partial charge in [-0.25, -0.2) is 4.39 Å². The average molecular weight is 287 g/mol. The van der Waals surface area contributed by atoms with Gasteiger partial charge in [0.05, 0.1) is 13.0 Å². The summed E-state index contributed by atoms with van der Waals surface area (Å²) in [7, 11) is 0. The lowest BCUT2D eigenvalue weighted by Crippen LogP contribution is -2.29. The number of rotatable bonds is 6. The molecule has 1 N–H and O–H groups in total. The highest BCUT2D eigenvalue weighted by molar-refractivity contribution is 5.78. The first-order valence-corrected chi connectivity index (χ1v) is 6.85. The highest BCUT2D eigenvalue weighted by Crippen LogP contribution is 2.11. The van der Waals surface area contributed by atoms with E-state index < -0.39 is 0 Å². The van der Waals surface area contributed by atoms with E-state index in [1.807, 2.05) is 31.2 Å². The Morgan fingerprint density at radius 2 is 2.00 bits per heavy atom. The minimum atomic E-state index is -0.358. The second-order valence-electron chi connectivity index (χ2n) is 4.78. The molecule has 0 unspecified atom stereocenters. The Kier molecular flexibility index (Phi) is 5.32. The van der Waals surface area contributed by atoms with Gasteiger partial charge in [-0.05, 0) is 36.2 Å². The van der Waals surface area contributed by atoms with Gasteiger partial charge in [0.2, 0.25) is 5.91 Å². The smallest absolute Gasteiger partial charge is 0.224 e. The van der Waals surface area contributed by atoms with Crippen molar-refractivity contribution < 1.29 is 13.9 Å². The summed E-state index contributed by atoms with van der Waals surface area (Å²) in [6.07, 6.45) is 0.0388. The molecule has 1 amide bonds. The van der Waals surface area contributed by atoms with Crippen LogP contribution in [0.15, 0.2) is 48.5 Å². The lowest BCUT2D eigenvalue weighted by atomic mass is 10.1. The van der Waals surface area contributed by atoms with Crippen LogP contribution >= 0.6 is 0 Å². The second kappa shape index (κ2) is 7.43. The Morgan fingerprint density at radius 1 is 1.19 bits per heavy atom. The highest BCUT2D eigenvalue weighted by atomic mass is 19.1. The number of amides is 1. The summed E-state index contributed by atoms with van der Waals surface area (Å²) in [4.78, 5) is 11.7. The normalized spacial score (nSPS) is 10.2.